The molecule has 0 aliphatic carbocycles. The van der Waals surface area contributed by atoms with E-state index in [4.69, 9.17) is 21.1 Å². The lowest BCUT2D eigenvalue weighted by Gasteiger charge is -2.16. The molecule has 3 rings (SSSR count). The smallest absolute Gasteiger partial charge is 0.251 e. The van der Waals surface area contributed by atoms with Crippen molar-refractivity contribution in [2.24, 2.45) is 0 Å². The second-order valence-electron chi connectivity index (χ2n) is 6.88. The summed E-state index contributed by atoms with van der Waals surface area (Å²) in [6.07, 6.45) is 0. The molecule has 1 amide bonds. The molecule has 3 aromatic rings. The van der Waals surface area contributed by atoms with E-state index < -0.39 is 0 Å². The van der Waals surface area contributed by atoms with Crippen LogP contribution in [0, 0.1) is 6.92 Å². The van der Waals surface area contributed by atoms with E-state index in [-0.39, 0.29) is 11.9 Å². The zero-order valence-electron chi connectivity index (χ0n) is 16.7. The lowest BCUT2D eigenvalue weighted by atomic mass is 10.1. The lowest BCUT2D eigenvalue weighted by molar-refractivity contribution is 0.0939. The molecule has 0 bridgehead atoms. The van der Waals surface area contributed by atoms with Gasteiger partial charge in [0.1, 0.15) is 18.1 Å². The molecule has 0 saturated carbocycles. The van der Waals surface area contributed by atoms with Gasteiger partial charge in [-0.1, -0.05) is 35.9 Å². The molecule has 0 heterocycles. The zero-order chi connectivity index (χ0) is 20.8. The average molecular weight is 410 g/mol. The SMILES string of the molecule is COc1ccc(C(=O)N[C@H](C)c2ccc(Cl)cc2)cc1COc1cccc(C)c1. The van der Waals surface area contributed by atoms with Gasteiger partial charge in [0.05, 0.1) is 13.2 Å². The number of carbonyl (C=O) groups is 1. The van der Waals surface area contributed by atoms with Gasteiger partial charge in [-0.3, -0.25) is 4.79 Å². The summed E-state index contributed by atoms with van der Waals surface area (Å²) >= 11 is 5.94. The summed E-state index contributed by atoms with van der Waals surface area (Å²) in [5, 5.41) is 3.68. The third-order valence-corrected chi connectivity index (χ3v) is 4.90. The van der Waals surface area contributed by atoms with E-state index in [1.54, 1.807) is 25.3 Å². The Hall–Kier alpha value is -2.98. The number of rotatable bonds is 7. The van der Waals surface area contributed by atoms with Gasteiger partial charge < -0.3 is 14.8 Å². The number of aryl methyl sites for hydroxylation is 1. The summed E-state index contributed by atoms with van der Waals surface area (Å²) in [7, 11) is 1.61. The van der Waals surface area contributed by atoms with Gasteiger partial charge in [-0.05, 0) is 67.4 Å². The Morgan fingerprint density at radius 2 is 1.83 bits per heavy atom. The first-order valence-corrected chi connectivity index (χ1v) is 9.77. The molecule has 0 aliphatic rings. The molecule has 4 nitrogen and oxygen atoms in total. The summed E-state index contributed by atoms with van der Waals surface area (Å²) in [6.45, 7) is 4.26. The van der Waals surface area contributed by atoms with Gasteiger partial charge in [0.2, 0.25) is 0 Å². The van der Waals surface area contributed by atoms with Crippen LogP contribution in [0.2, 0.25) is 5.02 Å². The summed E-state index contributed by atoms with van der Waals surface area (Å²) in [6, 6.07) is 20.5. The fourth-order valence-electron chi connectivity index (χ4n) is 3.01. The fraction of sp³-hybridized carbons (Fsp3) is 0.208. The summed E-state index contributed by atoms with van der Waals surface area (Å²) in [5.74, 6) is 1.30. The van der Waals surface area contributed by atoms with Crippen molar-refractivity contribution in [3.8, 4) is 11.5 Å². The molecule has 1 N–H and O–H groups in total. The predicted octanol–water partition coefficient (Wildman–Crippen LogP) is 5.73. The highest BCUT2D eigenvalue weighted by atomic mass is 35.5. The van der Waals surface area contributed by atoms with Crippen LogP contribution >= 0.6 is 11.6 Å². The fourth-order valence-corrected chi connectivity index (χ4v) is 3.14. The molecule has 150 valence electrons. The highest BCUT2D eigenvalue weighted by molar-refractivity contribution is 6.30. The summed E-state index contributed by atoms with van der Waals surface area (Å²) in [5.41, 5.74) is 3.47. The van der Waals surface area contributed by atoms with Crippen molar-refractivity contribution >= 4 is 17.5 Å². The largest absolute Gasteiger partial charge is 0.496 e. The van der Waals surface area contributed by atoms with E-state index in [1.165, 1.54) is 0 Å². The maximum absolute atomic E-state index is 12.7. The first-order valence-electron chi connectivity index (χ1n) is 9.39. The Kier molecular flexibility index (Phi) is 6.78. The minimum atomic E-state index is -0.160. The molecule has 0 spiro atoms. The number of hydrogen-bond acceptors (Lipinski definition) is 3. The van der Waals surface area contributed by atoms with E-state index in [0.29, 0.717) is 22.9 Å². The van der Waals surface area contributed by atoms with Gasteiger partial charge in [-0.15, -0.1) is 0 Å². The molecule has 0 aromatic heterocycles. The number of amides is 1. The van der Waals surface area contributed by atoms with Crippen molar-refractivity contribution in [3.05, 3.63) is 94.0 Å². The first-order chi connectivity index (χ1) is 14.0. The van der Waals surface area contributed by atoms with Gasteiger partial charge >= 0.3 is 0 Å². The van der Waals surface area contributed by atoms with Crippen molar-refractivity contribution < 1.29 is 14.3 Å². The Morgan fingerprint density at radius 3 is 2.52 bits per heavy atom. The van der Waals surface area contributed by atoms with Crippen molar-refractivity contribution in [1.82, 2.24) is 5.32 Å². The second kappa shape index (κ2) is 9.48. The normalized spacial score (nSPS) is 11.6. The first kappa shape index (κ1) is 20.7. The Balaban J connectivity index is 1.72. The van der Waals surface area contributed by atoms with Gasteiger partial charge in [0.25, 0.3) is 5.91 Å². The van der Waals surface area contributed by atoms with Crippen LogP contribution in [0.15, 0.2) is 66.7 Å². The number of methoxy groups -OCH3 is 1. The maximum atomic E-state index is 12.7. The highest BCUT2D eigenvalue weighted by Gasteiger charge is 2.14. The van der Waals surface area contributed by atoms with E-state index in [2.05, 4.69) is 5.32 Å². The van der Waals surface area contributed by atoms with E-state index in [1.807, 2.05) is 62.4 Å². The molecule has 1 atom stereocenters. The molecule has 0 aliphatic heterocycles. The monoisotopic (exact) mass is 409 g/mol. The summed E-state index contributed by atoms with van der Waals surface area (Å²) in [4.78, 5) is 12.7. The Labute approximate surface area is 176 Å². The number of carbonyl (C=O) groups excluding carboxylic acids is 1. The van der Waals surface area contributed by atoms with E-state index in [0.717, 1.165) is 22.4 Å². The van der Waals surface area contributed by atoms with Crippen LogP contribution in [0.5, 0.6) is 11.5 Å². The Bertz CT molecular complexity index is 986. The predicted molar refractivity (Wildman–Crippen MR) is 116 cm³/mol. The van der Waals surface area contributed by atoms with Gasteiger partial charge in [-0.2, -0.15) is 0 Å². The number of ether oxygens (including phenoxy) is 2. The zero-order valence-corrected chi connectivity index (χ0v) is 17.5. The van der Waals surface area contributed by atoms with Crippen molar-refractivity contribution in [2.45, 2.75) is 26.5 Å². The van der Waals surface area contributed by atoms with Crippen LogP contribution in [0.3, 0.4) is 0 Å². The van der Waals surface area contributed by atoms with Crippen LogP contribution in [0.1, 0.15) is 40.0 Å². The molecule has 5 heteroatoms. The third-order valence-electron chi connectivity index (χ3n) is 4.64. The van der Waals surface area contributed by atoms with Gasteiger partial charge in [-0.25, -0.2) is 0 Å². The average Bonchev–Trinajstić information content (AvgIpc) is 2.72. The quantitative estimate of drug-likeness (QED) is 0.542. The maximum Gasteiger partial charge on any atom is 0.251 e. The van der Waals surface area contributed by atoms with Gasteiger partial charge in [0, 0.05) is 16.1 Å². The minimum absolute atomic E-state index is 0.145. The second-order valence-corrected chi connectivity index (χ2v) is 7.31. The van der Waals surface area contributed by atoms with Crippen LogP contribution in [-0.2, 0) is 6.61 Å². The molecule has 0 saturated heterocycles. The van der Waals surface area contributed by atoms with Crippen LogP contribution in [0.4, 0.5) is 0 Å². The standard InChI is InChI=1S/C24H24ClNO3/c1-16-5-4-6-22(13-16)29-15-20-14-19(9-12-23(20)28-3)24(27)26-17(2)18-7-10-21(25)11-8-18/h4-14,17H,15H2,1-3H3,(H,26,27)/t17-/m1/s1. The van der Waals surface area contributed by atoms with Gasteiger partial charge in [0.15, 0.2) is 0 Å². The summed E-state index contributed by atoms with van der Waals surface area (Å²) < 4.78 is 11.3. The molecule has 3 aromatic carbocycles. The minimum Gasteiger partial charge on any atom is -0.496 e. The Morgan fingerprint density at radius 1 is 1.07 bits per heavy atom. The van der Waals surface area contributed by atoms with E-state index >= 15 is 0 Å². The topological polar surface area (TPSA) is 47.6 Å². The molecule has 0 fully saturated rings. The molecule has 29 heavy (non-hydrogen) atoms. The lowest BCUT2D eigenvalue weighted by Crippen LogP contribution is -2.26. The molecule has 0 radical (unpaired) electrons. The van der Waals surface area contributed by atoms with Crippen molar-refractivity contribution in [1.29, 1.82) is 0 Å². The van der Waals surface area contributed by atoms with Crippen LogP contribution in [0.25, 0.3) is 0 Å². The molecular formula is C24H24ClNO3. The molecule has 0 unspecified atom stereocenters. The highest BCUT2D eigenvalue weighted by Crippen LogP contribution is 2.23. The third kappa shape index (κ3) is 5.52. The van der Waals surface area contributed by atoms with Crippen molar-refractivity contribution in [2.75, 3.05) is 7.11 Å². The van der Waals surface area contributed by atoms with E-state index in [9.17, 15) is 4.79 Å². The number of hydrogen-bond donors (Lipinski definition) is 1. The molecular weight excluding hydrogens is 386 g/mol. The van der Waals surface area contributed by atoms with Crippen LogP contribution < -0.4 is 14.8 Å². The van der Waals surface area contributed by atoms with Crippen molar-refractivity contribution in [3.63, 3.8) is 0 Å². The number of nitrogens with one attached hydrogen (secondary N) is 1. The number of halogens is 1. The van der Waals surface area contributed by atoms with Crippen LogP contribution in [-0.4, -0.2) is 13.0 Å². The number of benzene rings is 3.